The molecule has 3 amide bonds. The fraction of sp³-hybridized carbons (Fsp3) is 0.273. The molecule has 0 aliphatic heterocycles. The molecule has 31 heavy (non-hydrogen) atoms. The van der Waals surface area contributed by atoms with Crippen LogP contribution in [0.1, 0.15) is 25.2 Å². The number of carbonyl (C=O) groups is 2. The molecule has 0 bridgehead atoms. The number of nitrogens with zero attached hydrogens (tertiary/aromatic N) is 3. The van der Waals surface area contributed by atoms with Crippen LogP contribution >= 0.6 is 11.6 Å². The van der Waals surface area contributed by atoms with E-state index in [-0.39, 0.29) is 37.5 Å². The van der Waals surface area contributed by atoms with Crippen LogP contribution in [0.15, 0.2) is 59.0 Å². The average molecular weight is 440 g/mol. The maximum absolute atomic E-state index is 12.7. The summed E-state index contributed by atoms with van der Waals surface area (Å²) in [5.74, 6) is 0.697. The zero-order chi connectivity index (χ0) is 21.6. The molecule has 0 radical (unpaired) electrons. The van der Waals surface area contributed by atoms with E-state index in [1.807, 2.05) is 18.2 Å². The Kier molecular flexibility index (Phi) is 6.47. The lowest BCUT2D eigenvalue weighted by atomic mass is 10.2. The van der Waals surface area contributed by atoms with Crippen molar-refractivity contribution in [3.05, 3.63) is 65.5 Å². The minimum atomic E-state index is -0.346. The summed E-state index contributed by atoms with van der Waals surface area (Å²) >= 11 is 5.91. The van der Waals surface area contributed by atoms with Gasteiger partial charge in [0.25, 0.3) is 0 Å². The number of hydrogen-bond donors (Lipinski definition) is 2. The minimum Gasteiger partial charge on any atom is -0.419 e. The summed E-state index contributed by atoms with van der Waals surface area (Å²) in [6.07, 6.45) is 2.09. The van der Waals surface area contributed by atoms with E-state index in [1.54, 1.807) is 41.3 Å². The second-order valence-electron chi connectivity index (χ2n) is 7.26. The van der Waals surface area contributed by atoms with E-state index in [4.69, 9.17) is 16.0 Å². The van der Waals surface area contributed by atoms with Gasteiger partial charge in [-0.1, -0.05) is 29.8 Å². The fourth-order valence-electron chi connectivity index (χ4n) is 3.10. The van der Waals surface area contributed by atoms with Gasteiger partial charge in [-0.3, -0.25) is 4.79 Å². The van der Waals surface area contributed by atoms with Crippen molar-refractivity contribution in [3.8, 4) is 11.5 Å². The normalized spacial score (nSPS) is 12.9. The van der Waals surface area contributed by atoms with Gasteiger partial charge in [0.1, 0.15) is 0 Å². The van der Waals surface area contributed by atoms with Crippen molar-refractivity contribution in [2.75, 3.05) is 11.9 Å². The predicted molar refractivity (Wildman–Crippen MR) is 116 cm³/mol. The third kappa shape index (κ3) is 5.82. The Labute approximate surface area is 184 Å². The fourth-order valence-corrected chi connectivity index (χ4v) is 3.23. The summed E-state index contributed by atoms with van der Waals surface area (Å²) in [4.78, 5) is 26.4. The molecular weight excluding hydrogens is 418 g/mol. The van der Waals surface area contributed by atoms with Gasteiger partial charge in [0.15, 0.2) is 0 Å². The molecule has 0 unspecified atom stereocenters. The van der Waals surface area contributed by atoms with Crippen molar-refractivity contribution in [3.63, 3.8) is 0 Å². The highest BCUT2D eigenvalue weighted by Gasteiger charge is 2.33. The molecule has 3 aromatic rings. The van der Waals surface area contributed by atoms with Gasteiger partial charge in [0.05, 0.1) is 6.54 Å². The molecule has 9 heteroatoms. The second-order valence-corrected chi connectivity index (χ2v) is 7.69. The van der Waals surface area contributed by atoms with Crippen molar-refractivity contribution in [2.45, 2.75) is 31.8 Å². The van der Waals surface area contributed by atoms with Gasteiger partial charge in [-0.2, -0.15) is 0 Å². The molecule has 1 aliphatic carbocycles. The number of halogens is 1. The molecule has 2 aromatic carbocycles. The Morgan fingerprint density at radius 1 is 1.06 bits per heavy atom. The number of anilines is 1. The van der Waals surface area contributed by atoms with Crippen molar-refractivity contribution in [1.29, 1.82) is 0 Å². The molecule has 4 rings (SSSR count). The number of para-hydroxylation sites is 1. The molecule has 1 aromatic heterocycles. The molecule has 1 fully saturated rings. The van der Waals surface area contributed by atoms with Crippen LogP contribution in [0.2, 0.25) is 5.02 Å². The topological polar surface area (TPSA) is 100 Å². The first-order valence-corrected chi connectivity index (χ1v) is 10.4. The monoisotopic (exact) mass is 439 g/mol. The van der Waals surface area contributed by atoms with Crippen LogP contribution in [0.3, 0.4) is 0 Å². The Bertz CT molecular complexity index is 1030. The number of urea groups is 1. The van der Waals surface area contributed by atoms with Crippen molar-refractivity contribution in [2.24, 2.45) is 0 Å². The molecule has 1 heterocycles. The summed E-state index contributed by atoms with van der Waals surface area (Å²) in [6, 6.07) is 16.1. The zero-order valence-corrected chi connectivity index (χ0v) is 17.5. The van der Waals surface area contributed by atoms with Gasteiger partial charge in [-0.15, -0.1) is 10.2 Å². The molecule has 1 saturated carbocycles. The lowest BCUT2D eigenvalue weighted by molar-refractivity contribution is -0.132. The zero-order valence-electron chi connectivity index (χ0n) is 16.8. The Morgan fingerprint density at radius 2 is 1.81 bits per heavy atom. The highest BCUT2D eigenvalue weighted by Crippen LogP contribution is 2.29. The van der Waals surface area contributed by atoms with Gasteiger partial charge in [0.2, 0.25) is 17.7 Å². The molecule has 0 saturated heterocycles. The maximum Gasteiger partial charge on any atom is 0.319 e. The van der Waals surface area contributed by atoms with E-state index in [1.165, 1.54) is 0 Å². The second kappa shape index (κ2) is 9.61. The summed E-state index contributed by atoms with van der Waals surface area (Å²) in [6.45, 7) is 0.487. The molecule has 8 nitrogen and oxygen atoms in total. The number of nitrogens with one attached hydrogen (secondary N) is 2. The highest BCUT2D eigenvalue weighted by atomic mass is 35.5. The SMILES string of the molecule is O=C(NCCC(=O)N(Cc1nnc(-c2ccc(Cl)cc2)o1)C1CC1)Nc1ccccc1. The molecule has 1 aliphatic rings. The number of hydrogen-bond acceptors (Lipinski definition) is 5. The van der Waals surface area contributed by atoms with Gasteiger partial charge >= 0.3 is 6.03 Å². The van der Waals surface area contributed by atoms with E-state index in [9.17, 15) is 9.59 Å². The van der Waals surface area contributed by atoms with Gasteiger partial charge < -0.3 is 20.0 Å². The summed E-state index contributed by atoms with van der Waals surface area (Å²) in [7, 11) is 0. The number of amides is 3. The van der Waals surface area contributed by atoms with E-state index in [0.717, 1.165) is 18.4 Å². The maximum atomic E-state index is 12.7. The number of carbonyl (C=O) groups excluding carboxylic acids is 2. The van der Waals surface area contributed by atoms with E-state index in [0.29, 0.717) is 22.5 Å². The summed E-state index contributed by atoms with van der Waals surface area (Å²) in [5.41, 5.74) is 1.46. The van der Waals surface area contributed by atoms with Crippen LogP contribution in [0.4, 0.5) is 10.5 Å². The van der Waals surface area contributed by atoms with E-state index < -0.39 is 0 Å². The minimum absolute atomic E-state index is 0.0613. The Balaban J connectivity index is 1.29. The number of aromatic nitrogens is 2. The van der Waals surface area contributed by atoms with Crippen LogP contribution < -0.4 is 10.6 Å². The van der Waals surface area contributed by atoms with Crippen LogP contribution in [0, 0.1) is 0 Å². The third-order valence-corrected chi connectivity index (χ3v) is 5.08. The first-order chi connectivity index (χ1) is 15.1. The first kappa shape index (κ1) is 20.9. The Morgan fingerprint density at radius 3 is 2.52 bits per heavy atom. The molecule has 0 spiro atoms. The van der Waals surface area contributed by atoms with Gasteiger partial charge in [0, 0.05) is 35.3 Å². The van der Waals surface area contributed by atoms with E-state index >= 15 is 0 Å². The van der Waals surface area contributed by atoms with E-state index in [2.05, 4.69) is 20.8 Å². The Hall–Kier alpha value is -3.39. The van der Waals surface area contributed by atoms with Crippen molar-refractivity contribution < 1.29 is 14.0 Å². The van der Waals surface area contributed by atoms with Crippen LogP contribution in [0.25, 0.3) is 11.5 Å². The van der Waals surface area contributed by atoms with Crippen LogP contribution in [-0.2, 0) is 11.3 Å². The van der Waals surface area contributed by atoms with Crippen LogP contribution in [-0.4, -0.2) is 39.6 Å². The van der Waals surface area contributed by atoms with Crippen molar-refractivity contribution in [1.82, 2.24) is 20.4 Å². The lowest BCUT2D eigenvalue weighted by Crippen LogP contribution is -2.36. The summed E-state index contributed by atoms with van der Waals surface area (Å²) < 4.78 is 5.74. The van der Waals surface area contributed by atoms with Gasteiger partial charge in [-0.05, 0) is 49.2 Å². The van der Waals surface area contributed by atoms with Crippen LogP contribution in [0.5, 0.6) is 0 Å². The summed E-state index contributed by atoms with van der Waals surface area (Å²) in [5, 5.41) is 14.2. The standard InChI is InChI=1S/C22H22ClN5O3/c23-16-8-6-15(7-9-16)21-27-26-19(31-21)14-28(18-10-11-18)20(29)12-13-24-22(30)25-17-4-2-1-3-5-17/h1-9,18H,10-14H2,(H2,24,25,30). The number of rotatable bonds is 8. The molecule has 160 valence electrons. The predicted octanol–water partition coefficient (Wildman–Crippen LogP) is 4.09. The van der Waals surface area contributed by atoms with Gasteiger partial charge in [-0.25, -0.2) is 4.79 Å². The quantitative estimate of drug-likeness (QED) is 0.550. The lowest BCUT2D eigenvalue weighted by Gasteiger charge is -2.20. The third-order valence-electron chi connectivity index (χ3n) is 4.83. The van der Waals surface area contributed by atoms with Crippen molar-refractivity contribution >= 4 is 29.2 Å². The number of benzene rings is 2. The highest BCUT2D eigenvalue weighted by molar-refractivity contribution is 6.30. The molecular formula is C22H22ClN5O3. The molecule has 2 N–H and O–H groups in total. The first-order valence-electron chi connectivity index (χ1n) is 10.1. The average Bonchev–Trinajstić information content (AvgIpc) is 3.50. The largest absolute Gasteiger partial charge is 0.419 e. The molecule has 0 atom stereocenters. The smallest absolute Gasteiger partial charge is 0.319 e.